The molecule has 0 aromatic heterocycles. The first kappa shape index (κ1) is 14.1. The molecule has 2 heterocycles. The molecule has 20 heavy (non-hydrogen) atoms. The van der Waals surface area contributed by atoms with Gasteiger partial charge in [-0.15, -0.1) is 0 Å². The summed E-state index contributed by atoms with van der Waals surface area (Å²) in [5.41, 5.74) is 1.61. The van der Waals surface area contributed by atoms with Crippen LogP contribution >= 0.6 is 11.6 Å². The summed E-state index contributed by atoms with van der Waals surface area (Å²) in [6, 6.07) is 5.28. The third-order valence-corrected chi connectivity index (χ3v) is 5.92. The van der Waals surface area contributed by atoms with Crippen LogP contribution in [0, 0.1) is 0 Å². The van der Waals surface area contributed by atoms with Crippen molar-refractivity contribution in [2.75, 3.05) is 39.8 Å². The van der Waals surface area contributed by atoms with Crippen molar-refractivity contribution in [2.45, 2.75) is 4.90 Å². The first-order chi connectivity index (χ1) is 9.47. The van der Waals surface area contributed by atoms with E-state index >= 15 is 0 Å². The molecule has 1 saturated heterocycles. The summed E-state index contributed by atoms with van der Waals surface area (Å²) in [5, 5.41) is 1.69. The van der Waals surface area contributed by atoms with Gasteiger partial charge in [-0.1, -0.05) is 23.7 Å². The quantitative estimate of drug-likeness (QED) is 0.834. The van der Waals surface area contributed by atoms with E-state index in [0.29, 0.717) is 11.6 Å². The molecule has 108 valence electrons. The molecule has 3 rings (SSSR count). The van der Waals surface area contributed by atoms with E-state index in [9.17, 15) is 8.42 Å². The number of piperazine rings is 1. The number of hydrogen-bond acceptors (Lipinski definition) is 4. The Hall–Kier alpha value is -0.880. The van der Waals surface area contributed by atoms with Gasteiger partial charge in [-0.25, -0.2) is 8.42 Å². The Bertz CT molecular complexity index is 662. The van der Waals surface area contributed by atoms with Crippen LogP contribution in [0.3, 0.4) is 0 Å². The van der Waals surface area contributed by atoms with Crippen LogP contribution in [0.2, 0.25) is 5.02 Å². The van der Waals surface area contributed by atoms with Crippen LogP contribution in [0.1, 0.15) is 5.56 Å². The summed E-state index contributed by atoms with van der Waals surface area (Å²) in [4.78, 5) is 4.84. The predicted molar refractivity (Wildman–Crippen MR) is 80.6 cm³/mol. The summed E-state index contributed by atoms with van der Waals surface area (Å²) in [6.45, 7) is 4.62. The molecule has 2 aliphatic heterocycles. The first-order valence-corrected chi connectivity index (χ1v) is 8.55. The van der Waals surface area contributed by atoms with Crippen LogP contribution in [0.25, 0.3) is 5.57 Å². The van der Waals surface area contributed by atoms with Crippen LogP contribution < -0.4 is 0 Å². The molecule has 0 amide bonds. The van der Waals surface area contributed by atoms with E-state index in [-0.39, 0.29) is 4.90 Å². The molecule has 1 aromatic rings. The first-order valence-electron chi connectivity index (χ1n) is 6.63. The van der Waals surface area contributed by atoms with Crippen molar-refractivity contribution < 1.29 is 8.42 Å². The number of nitrogens with zero attached hydrogens (tertiary/aromatic N) is 2. The Morgan fingerprint density at radius 1 is 1.20 bits per heavy atom. The molecule has 0 N–H and O–H groups in total. The van der Waals surface area contributed by atoms with Gasteiger partial charge in [0.1, 0.15) is 0 Å². The molecule has 0 radical (unpaired) electrons. The van der Waals surface area contributed by atoms with Gasteiger partial charge in [0, 0.05) is 43.7 Å². The Morgan fingerprint density at radius 2 is 1.90 bits per heavy atom. The van der Waals surface area contributed by atoms with Crippen molar-refractivity contribution in [3.8, 4) is 0 Å². The van der Waals surface area contributed by atoms with Gasteiger partial charge in [0.25, 0.3) is 0 Å². The zero-order valence-electron chi connectivity index (χ0n) is 11.3. The van der Waals surface area contributed by atoms with E-state index < -0.39 is 9.84 Å². The number of hydrogen-bond donors (Lipinski definition) is 0. The van der Waals surface area contributed by atoms with Gasteiger partial charge in [0.05, 0.1) is 9.92 Å². The highest BCUT2D eigenvalue weighted by Crippen LogP contribution is 2.38. The Kier molecular flexibility index (Phi) is 3.62. The Morgan fingerprint density at radius 3 is 2.60 bits per heavy atom. The van der Waals surface area contributed by atoms with Crippen LogP contribution in [-0.2, 0) is 9.84 Å². The minimum Gasteiger partial charge on any atom is -0.304 e. The van der Waals surface area contributed by atoms with E-state index in [4.69, 9.17) is 11.6 Å². The molecule has 1 aromatic carbocycles. The molecule has 0 spiro atoms. The van der Waals surface area contributed by atoms with E-state index in [1.54, 1.807) is 12.1 Å². The topological polar surface area (TPSA) is 40.6 Å². The summed E-state index contributed by atoms with van der Waals surface area (Å²) in [6.07, 6.45) is 0. The second-order valence-corrected chi connectivity index (χ2v) is 7.53. The second kappa shape index (κ2) is 5.15. The van der Waals surface area contributed by atoms with Crippen molar-refractivity contribution in [1.29, 1.82) is 0 Å². The fraction of sp³-hybridized carbons (Fsp3) is 0.429. The smallest absolute Gasteiger partial charge is 0.202 e. The summed E-state index contributed by atoms with van der Waals surface area (Å²) < 4.78 is 24.4. The monoisotopic (exact) mass is 312 g/mol. The molecule has 0 atom stereocenters. The normalized spacial score (nSPS) is 22.6. The van der Waals surface area contributed by atoms with E-state index in [1.807, 2.05) is 6.07 Å². The minimum absolute atomic E-state index is 0.269. The maximum atomic E-state index is 12.2. The van der Waals surface area contributed by atoms with E-state index in [0.717, 1.165) is 37.3 Å². The van der Waals surface area contributed by atoms with Gasteiger partial charge < -0.3 is 4.90 Å². The molecular weight excluding hydrogens is 296 g/mol. The summed E-state index contributed by atoms with van der Waals surface area (Å²) >= 11 is 6.05. The van der Waals surface area contributed by atoms with Crippen LogP contribution in [-0.4, -0.2) is 58.0 Å². The van der Waals surface area contributed by atoms with Crippen molar-refractivity contribution in [1.82, 2.24) is 9.80 Å². The van der Waals surface area contributed by atoms with Gasteiger partial charge in [0.2, 0.25) is 9.84 Å². The highest BCUT2D eigenvalue weighted by Gasteiger charge is 2.30. The van der Waals surface area contributed by atoms with E-state index in [2.05, 4.69) is 16.8 Å². The van der Waals surface area contributed by atoms with E-state index in [1.165, 1.54) is 5.41 Å². The molecule has 0 bridgehead atoms. The third kappa shape index (κ3) is 2.51. The molecule has 6 heteroatoms. The molecule has 0 aliphatic carbocycles. The van der Waals surface area contributed by atoms with Gasteiger partial charge in [-0.3, -0.25) is 4.90 Å². The maximum absolute atomic E-state index is 12.2. The number of halogens is 1. The van der Waals surface area contributed by atoms with Crippen molar-refractivity contribution in [3.05, 3.63) is 34.2 Å². The third-order valence-electron chi connectivity index (χ3n) is 3.88. The van der Waals surface area contributed by atoms with Crippen LogP contribution in [0.4, 0.5) is 0 Å². The maximum Gasteiger partial charge on any atom is 0.202 e. The second-order valence-electron chi connectivity index (χ2n) is 5.38. The zero-order valence-corrected chi connectivity index (χ0v) is 12.9. The molecule has 1 fully saturated rings. The summed E-state index contributed by atoms with van der Waals surface area (Å²) in [5.74, 6) is 0. The number of benzene rings is 1. The molecular formula is C14H17ClN2O2S. The predicted octanol–water partition coefficient (Wildman–Crippen LogP) is 1.72. The van der Waals surface area contributed by atoms with Crippen molar-refractivity contribution >= 4 is 27.0 Å². The van der Waals surface area contributed by atoms with Gasteiger partial charge >= 0.3 is 0 Å². The average molecular weight is 313 g/mol. The minimum atomic E-state index is -3.38. The van der Waals surface area contributed by atoms with Crippen molar-refractivity contribution in [2.24, 2.45) is 0 Å². The Labute approximate surface area is 124 Å². The highest BCUT2D eigenvalue weighted by atomic mass is 35.5. The largest absolute Gasteiger partial charge is 0.304 e. The number of fused-ring (bicyclic) bond motifs is 1. The number of likely N-dealkylation sites (N-methyl/N-ethyl adjacent to an activating group) is 1. The lowest BCUT2D eigenvalue weighted by atomic mass is 10.1. The highest BCUT2D eigenvalue weighted by molar-refractivity contribution is 7.95. The lowest BCUT2D eigenvalue weighted by molar-refractivity contribution is 0.168. The van der Waals surface area contributed by atoms with Crippen LogP contribution in [0.5, 0.6) is 0 Å². The standard InChI is InChI=1S/C14H17ClN2O2S/c1-16-5-7-17(8-6-16)9-11-10-20(18,19)14-12(11)3-2-4-13(14)15/h2-4,10H,5-9H2,1H3. The van der Waals surface area contributed by atoms with Gasteiger partial charge in [-0.05, 0) is 18.7 Å². The summed E-state index contributed by atoms with van der Waals surface area (Å²) in [7, 11) is -1.28. The number of sulfone groups is 1. The van der Waals surface area contributed by atoms with Crippen molar-refractivity contribution in [3.63, 3.8) is 0 Å². The van der Waals surface area contributed by atoms with Gasteiger partial charge in [-0.2, -0.15) is 0 Å². The molecule has 2 aliphatic rings. The fourth-order valence-corrected chi connectivity index (χ4v) is 4.77. The SMILES string of the molecule is CN1CCN(CC2=CS(=O)(=O)c3c(Cl)cccc32)CC1. The van der Waals surface area contributed by atoms with Crippen LogP contribution in [0.15, 0.2) is 28.5 Å². The molecule has 0 saturated carbocycles. The Balaban J connectivity index is 1.88. The fourth-order valence-electron chi connectivity index (χ4n) is 2.73. The lowest BCUT2D eigenvalue weighted by Gasteiger charge is -2.32. The average Bonchev–Trinajstić information content (AvgIpc) is 2.65. The zero-order chi connectivity index (χ0) is 14.3. The molecule has 0 unspecified atom stereocenters. The molecule has 4 nitrogen and oxygen atoms in total. The number of rotatable bonds is 2. The van der Waals surface area contributed by atoms with Gasteiger partial charge in [0.15, 0.2) is 0 Å². The lowest BCUT2D eigenvalue weighted by Crippen LogP contribution is -2.44.